The molecule has 0 aliphatic heterocycles. The molecule has 0 fully saturated rings. The van der Waals surface area contributed by atoms with E-state index in [0.717, 1.165) is 16.3 Å². The fourth-order valence-electron chi connectivity index (χ4n) is 2.37. The van der Waals surface area contributed by atoms with Gasteiger partial charge in [0.05, 0.1) is 22.1 Å². The minimum Gasteiger partial charge on any atom is -0.281 e. The number of thiazole rings is 1. The summed E-state index contributed by atoms with van der Waals surface area (Å²) in [5.74, 6) is 0. The van der Waals surface area contributed by atoms with E-state index in [1.165, 1.54) is 11.3 Å². The van der Waals surface area contributed by atoms with Crippen LogP contribution in [-0.2, 0) is 16.4 Å². The quantitative estimate of drug-likeness (QED) is 0.698. The van der Waals surface area contributed by atoms with Gasteiger partial charge in [-0.05, 0) is 26.0 Å². The Labute approximate surface area is 144 Å². The number of H-pyrrole nitrogens is 1. The summed E-state index contributed by atoms with van der Waals surface area (Å²) in [7, 11) is -3.57. The lowest BCUT2D eigenvalue weighted by atomic mass is 10.2. The number of aryl methyl sites for hydroxylation is 2. The van der Waals surface area contributed by atoms with Crippen molar-refractivity contribution in [2.24, 2.45) is 0 Å². The van der Waals surface area contributed by atoms with Gasteiger partial charge in [0.15, 0.2) is 0 Å². The minimum absolute atomic E-state index is 0.220. The number of hydrogen-bond acceptors (Lipinski definition) is 6. The molecular formula is C15H17N5O2S2. The van der Waals surface area contributed by atoms with Crippen molar-refractivity contribution >= 4 is 21.4 Å². The van der Waals surface area contributed by atoms with Gasteiger partial charge in [0, 0.05) is 36.3 Å². The number of pyridine rings is 1. The van der Waals surface area contributed by atoms with Gasteiger partial charge in [0.25, 0.3) is 0 Å². The molecule has 3 rings (SSSR count). The van der Waals surface area contributed by atoms with Crippen LogP contribution in [0.25, 0.3) is 11.3 Å². The fourth-order valence-corrected chi connectivity index (χ4v) is 4.58. The van der Waals surface area contributed by atoms with Crippen molar-refractivity contribution < 1.29 is 8.42 Å². The second kappa shape index (κ2) is 6.80. The smallest absolute Gasteiger partial charge is 0.244 e. The maximum Gasteiger partial charge on any atom is 0.244 e. The molecule has 24 heavy (non-hydrogen) atoms. The summed E-state index contributed by atoms with van der Waals surface area (Å²) in [5, 5.41) is 9.43. The number of nitrogens with one attached hydrogen (secondary N) is 2. The summed E-state index contributed by atoms with van der Waals surface area (Å²) in [6.45, 7) is 3.64. The first-order valence-corrected chi connectivity index (χ1v) is 9.69. The van der Waals surface area contributed by atoms with Crippen LogP contribution in [0.15, 0.2) is 34.8 Å². The zero-order valence-corrected chi connectivity index (χ0v) is 14.9. The molecular weight excluding hydrogens is 346 g/mol. The van der Waals surface area contributed by atoms with Gasteiger partial charge in [-0.1, -0.05) is 0 Å². The molecule has 0 unspecified atom stereocenters. The largest absolute Gasteiger partial charge is 0.281 e. The van der Waals surface area contributed by atoms with Crippen LogP contribution in [0.5, 0.6) is 0 Å². The summed E-state index contributed by atoms with van der Waals surface area (Å²) >= 11 is 1.51. The average Bonchev–Trinajstić information content (AvgIpc) is 3.15. The molecule has 0 saturated carbocycles. The zero-order chi connectivity index (χ0) is 17.2. The predicted octanol–water partition coefficient (Wildman–Crippen LogP) is 2.07. The minimum atomic E-state index is -3.57. The van der Waals surface area contributed by atoms with Gasteiger partial charge in [0.1, 0.15) is 4.90 Å². The molecule has 0 aromatic carbocycles. The molecule has 126 valence electrons. The van der Waals surface area contributed by atoms with E-state index >= 15 is 0 Å². The van der Waals surface area contributed by atoms with Gasteiger partial charge in [-0.25, -0.2) is 18.1 Å². The highest BCUT2D eigenvalue weighted by atomic mass is 32.2. The Morgan fingerprint density at radius 3 is 2.83 bits per heavy atom. The van der Waals surface area contributed by atoms with Crippen LogP contribution in [0, 0.1) is 13.8 Å². The van der Waals surface area contributed by atoms with Gasteiger partial charge in [-0.15, -0.1) is 11.3 Å². The molecule has 3 aromatic heterocycles. The summed E-state index contributed by atoms with van der Waals surface area (Å²) in [4.78, 5) is 8.82. The monoisotopic (exact) mass is 363 g/mol. The van der Waals surface area contributed by atoms with Gasteiger partial charge >= 0.3 is 0 Å². The normalized spacial score (nSPS) is 11.8. The van der Waals surface area contributed by atoms with Gasteiger partial charge in [-0.2, -0.15) is 5.10 Å². The first kappa shape index (κ1) is 16.7. The predicted molar refractivity (Wildman–Crippen MR) is 92.3 cm³/mol. The number of aromatic nitrogens is 4. The highest BCUT2D eigenvalue weighted by Crippen LogP contribution is 2.21. The summed E-state index contributed by atoms with van der Waals surface area (Å²) in [5.41, 5.74) is 2.80. The molecule has 0 radical (unpaired) electrons. The summed E-state index contributed by atoms with van der Waals surface area (Å²) < 4.78 is 27.3. The molecule has 0 atom stereocenters. The van der Waals surface area contributed by atoms with Crippen molar-refractivity contribution in [3.8, 4) is 11.3 Å². The van der Waals surface area contributed by atoms with E-state index < -0.39 is 10.0 Å². The lowest BCUT2D eigenvalue weighted by molar-refractivity contribution is 0.580. The van der Waals surface area contributed by atoms with E-state index in [9.17, 15) is 8.42 Å². The van der Waals surface area contributed by atoms with Gasteiger partial charge < -0.3 is 0 Å². The highest BCUT2D eigenvalue weighted by Gasteiger charge is 2.21. The Kier molecular flexibility index (Phi) is 4.74. The maximum atomic E-state index is 12.4. The zero-order valence-electron chi connectivity index (χ0n) is 13.3. The third kappa shape index (κ3) is 3.53. The molecule has 0 bridgehead atoms. The van der Waals surface area contributed by atoms with E-state index in [-0.39, 0.29) is 11.4 Å². The van der Waals surface area contributed by atoms with E-state index in [1.54, 1.807) is 26.2 Å². The summed E-state index contributed by atoms with van der Waals surface area (Å²) in [6.07, 6.45) is 4.00. The Morgan fingerprint density at radius 1 is 1.33 bits per heavy atom. The van der Waals surface area contributed by atoms with E-state index in [1.807, 2.05) is 17.5 Å². The standard InChI is InChI=1S/C15H17N5O2S2/c1-10-15(11(2)20-19-10)24(21,22)17-7-5-14-18-13(9-23-14)12-4-3-6-16-8-12/h3-4,6,8-9,17H,5,7H2,1-2H3,(H,19,20). The van der Waals surface area contributed by atoms with Crippen LogP contribution in [-0.4, -0.2) is 35.1 Å². The molecule has 0 aliphatic rings. The fraction of sp³-hybridized carbons (Fsp3) is 0.267. The van der Waals surface area contributed by atoms with Crippen molar-refractivity contribution in [3.05, 3.63) is 46.3 Å². The number of rotatable bonds is 6. The summed E-state index contributed by atoms with van der Waals surface area (Å²) in [6, 6.07) is 3.80. The van der Waals surface area contributed by atoms with Crippen molar-refractivity contribution in [2.75, 3.05) is 6.54 Å². The van der Waals surface area contributed by atoms with Crippen molar-refractivity contribution in [2.45, 2.75) is 25.2 Å². The van der Waals surface area contributed by atoms with Gasteiger partial charge in [-0.3, -0.25) is 10.1 Å². The Hall–Kier alpha value is -2.10. The van der Waals surface area contributed by atoms with Crippen LogP contribution in [0.1, 0.15) is 16.4 Å². The maximum absolute atomic E-state index is 12.4. The Balaban J connectivity index is 1.64. The topological polar surface area (TPSA) is 101 Å². The Morgan fingerprint density at radius 2 is 2.17 bits per heavy atom. The Bertz CT molecular complexity index is 912. The SMILES string of the molecule is Cc1n[nH]c(C)c1S(=O)(=O)NCCc1nc(-c2cccnc2)cs1. The molecule has 9 heteroatoms. The average molecular weight is 363 g/mol. The molecule has 0 spiro atoms. The molecule has 3 heterocycles. The van der Waals surface area contributed by atoms with Crippen LogP contribution >= 0.6 is 11.3 Å². The molecule has 7 nitrogen and oxygen atoms in total. The van der Waals surface area contributed by atoms with Crippen LogP contribution in [0.3, 0.4) is 0 Å². The van der Waals surface area contributed by atoms with Crippen LogP contribution in [0.4, 0.5) is 0 Å². The molecule has 2 N–H and O–H groups in total. The number of hydrogen-bond donors (Lipinski definition) is 2. The van der Waals surface area contributed by atoms with E-state index in [4.69, 9.17) is 0 Å². The second-order valence-corrected chi connectivity index (χ2v) is 7.93. The van der Waals surface area contributed by atoms with Crippen LogP contribution < -0.4 is 4.72 Å². The second-order valence-electron chi connectivity index (χ2n) is 5.28. The third-order valence-corrected chi connectivity index (χ3v) is 6.10. The van der Waals surface area contributed by atoms with Gasteiger partial charge in [0.2, 0.25) is 10.0 Å². The molecule has 0 amide bonds. The van der Waals surface area contributed by atoms with Crippen molar-refractivity contribution in [1.82, 2.24) is 24.9 Å². The first-order valence-electron chi connectivity index (χ1n) is 7.33. The van der Waals surface area contributed by atoms with E-state index in [0.29, 0.717) is 17.8 Å². The van der Waals surface area contributed by atoms with Crippen molar-refractivity contribution in [3.63, 3.8) is 0 Å². The first-order chi connectivity index (χ1) is 11.5. The number of sulfonamides is 1. The van der Waals surface area contributed by atoms with Crippen molar-refractivity contribution in [1.29, 1.82) is 0 Å². The number of nitrogens with zero attached hydrogens (tertiary/aromatic N) is 3. The van der Waals surface area contributed by atoms with E-state index in [2.05, 4.69) is 24.9 Å². The number of aromatic amines is 1. The molecule has 0 saturated heterocycles. The lowest BCUT2D eigenvalue weighted by Crippen LogP contribution is -2.26. The molecule has 0 aliphatic carbocycles. The van der Waals surface area contributed by atoms with Crippen LogP contribution in [0.2, 0.25) is 0 Å². The molecule has 3 aromatic rings. The highest BCUT2D eigenvalue weighted by molar-refractivity contribution is 7.89. The lowest BCUT2D eigenvalue weighted by Gasteiger charge is -2.05. The third-order valence-electron chi connectivity index (χ3n) is 3.47.